The third-order valence-corrected chi connectivity index (χ3v) is 5.19. The van der Waals surface area contributed by atoms with E-state index in [9.17, 15) is 4.79 Å². The van der Waals surface area contributed by atoms with Gasteiger partial charge in [0.2, 0.25) is 11.9 Å². The molecule has 35 heavy (non-hydrogen) atoms. The van der Waals surface area contributed by atoms with Gasteiger partial charge >= 0.3 is 0 Å². The van der Waals surface area contributed by atoms with Crippen molar-refractivity contribution in [2.75, 3.05) is 62.2 Å². The number of nitrogens with one attached hydrogen (secondary N) is 3. The average Bonchev–Trinajstić information content (AvgIpc) is 3.30. The smallest absolute Gasteiger partial charge is 0.247 e. The molecular weight excluding hydrogens is 446 g/mol. The molecule has 2 aromatic heterocycles. The number of hydrogen-bond acceptors (Lipinski definition) is 9. The van der Waals surface area contributed by atoms with Crippen LogP contribution in [0.4, 0.5) is 34.5 Å². The van der Waals surface area contributed by atoms with E-state index in [4.69, 9.17) is 4.74 Å². The average molecular weight is 480 g/mol. The van der Waals surface area contributed by atoms with Crippen LogP contribution < -0.4 is 25.6 Å². The van der Waals surface area contributed by atoms with Gasteiger partial charge in [-0.1, -0.05) is 6.58 Å². The molecule has 3 aromatic rings. The molecular formula is C24H33N9O2. The molecule has 3 rings (SSSR count). The maximum atomic E-state index is 12.1. The second kappa shape index (κ2) is 11.8. The third kappa shape index (κ3) is 6.93. The zero-order chi connectivity index (χ0) is 25.4. The number of aryl methyl sites for hydroxylation is 1. The number of carbonyl (C=O) groups is 1. The maximum absolute atomic E-state index is 12.1. The number of hydrogen-bond donors (Lipinski definition) is 3. The summed E-state index contributed by atoms with van der Waals surface area (Å²) in [4.78, 5) is 25.2. The Labute approximate surface area is 205 Å². The number of likely N-dealkylation sites (N-methyl/N-ethyl adjacent to an activating group) is 2. The van der Waals surface area contributed by atoms with Crippen molar-refractivity contribution in [3.05, 3.63) is 49.4 Å². The molecule has 0 atom stereocenters. The first-order chi connectivity index (χ1) is 16.8. The van der Waals surface area contributed by atoms with Crippen LogP contribution in [0.25, 0.3) is 0 Å². The van der Waals surface area contributed by atoms with Crippen molar-refractivity contribution in [1.29, 1.82) is 0 Å². The fourth-order valence-corrected chi connectivity index (χ4v) is 3.26. The molecule has 2 heterocycles. The largest absolute Gasteiger partial charge is 0.494 e. The number of amides is 1. The van der Waals surface area contributed by atoms with E-state index >= 15 is 0 Å². The van der Waals surface area contributed by atoms with Crippen LogP contribution in [0, 0.1) is 0 Å². The Hall–Kier alpha value is -4.12. The molecule has 0 saturated carbocycles. The van der Waals surface area contributed by atoms with E-state index in [1.807, 2.05) is 45.0 Å². The summed E-state index contributed by atoms with van der Waals surface area (Å²) in [5.74, 6) is 1.25. The molecule has 1 aromatic carbocycles. The molecule has 11 nitrogen and oxygen atoms in total. The van der Waals surface area contributed by atoms with Crippen molar-refractivity contribution in [1.82, 2.24) is 24.6 Å². The lowest BCUT2D eigenvalue weighted by molar-refractivity contribution is -0.111. The summed E-state index contributed by atoms with van der Waals surface area (Å²) in [5, 5.41) is 13.6. The van der Waals surface area contributed by atoms with Crippen molar-refractivity contribution in [2.45, 2.75) is 13.5 Å². The van der Waals surface area contributed by atoms with Crippen LogP contribution in [0.1, 0.15) is 6.92 Å². The summed E-state index contributed by atoms with van der Waals surface area (Å²) in [6.45, 7) is 7.96. The van der Waals surface area contributed by atoms with Gasteiger partial charge in [0, 0.05) is 45.1 Å². The van der Waals surface area contributed by atoms with E-state index in [0.29, 0.717) is 28.9 Å². The first-order valence-electron chi connectivity index (χ1n) is 11.2. The summed E-state index contributed by atoms with van der Waals surface area (Å²) < 4.78 is 7.47. The Bertz CT molecular complexity index is 1160. The highest BCUT2D eigenvalue weighted by molar-refractivity contribution is 6.02. The molecule has 3 N–H and O–H groups in total. The van der Waals surface area contributed by atoms with E-state index in [-0.39, 0.29) is 5.91 Å². The Kier molecular flexibility index (Phi) is 8.63. The molecule has 0 aliphatic carbocycles. The van der Waals surface area contributed by atoms with Crippen LogP contribution in [0.2, 0.25) is 0 Å². The minimum absolute atomic E-state index is 0.307. The monoisotopic (exact) mass is 479 g/mol. The normalized spacial score (nSPS) is 10.7. The van der Waals surface area contributed by atoms with E-state index < -0.39 is 0 Å². The molecule has 0 aliphatic heterocycles. The van der Waals surface area contributed by atoms with Crippen molar-refractivity contribution >= 4 is 40.4 Å². The molecule has 0 spiro atoms. The van der Waals surface area contributed by atoms with Gasteiger partial charge in [0.25, 0.3) is 0 Å². The quantitative estimate of drug-likeness (QED) is 0.337. The molecule has 0 bridgehead atoms. The summed E-state index contributed by atoms with van der Waals surface area (Å²) in [6.07, 6.45) is 6.53. The SMILES string of the molecule is C=CC(=O)Nc1cc(Nc2nccc(Nc3cnn(CC)c3)n2)c(OC)cc1N(C)CCN(C)C. The van der Waals surface area contributed by atoms with E-state index in [0.717, 1.165) is 31.0 Å². The minimum Gasteiger partial charge on any atom is -0.494 e. The van der Waals surface area contributed by atoms with Crippen LogP contribution >= 0.6 is 0 Å². The molecule has 0 radical (unpaired) electrons. The zero-order valence-corrected chi connectivity index (χ0v) is 20.9. The number of benzene rings is 1. The van der Waals surface area contributed by atoms with Gasteiger partial charge in [0.1, 0.15) is 11.6 Å². The number of methoxy groups -OCH3 is 1. The van der Waals surface area contributed by atoms with Gasteiger partial charge in [0.05, 0.1) is 36.1 Å². The molecule has 0 fully saturated rings. The predicted octanol–water partition coefficient (Wildman–Crippen LogP) is 3.31. The molecule has 0 unspecified atom stereocenters. The van der Waals surface area contributed by atoms with Gasteiger partial charge in [-0.3, -0.25) is 9.48 Å². The number of carbonyl (C=O) groups excluding carboxylic acids is 1. The van der Waals surface area contributed by atoms with Crippen LogP contribution in [-0.4, -0.2) is 71.9 Å². The Morgan fingerprint density at radius 2 is 2.00 bits per heavy atom. The first kappa shape index (κ1) is 25.5. The topological polar surface area (TPSA) is 112 Å². The summed E-state index contributed by atoms with van der Waals surface area (Å²) in [7, 11) is 7.59. The number of aromatic nitrogens is 4. The van der Waals surface area contributed by atoms with Gasteiger partial charge < -0.3 is 30.5 Å². The lowest BCUT2D eigenvalue weighted by Crippen LogP contribution is -2.29. The second-order valence-electron chi connectivity index (χ2n) is 8.09. The van der Waals surface area contributed by atoms with E-state index in [1.54, 1.807) is 31.6 Å². The third-order valence-electron chi connectivity index (χ3n) is 5.19. The Morgan fingerprint density at radius 1 is 1.20 bits per heavy atom. The zero-order valence-electron chi connectivity index (χ0n) is 20.9. The first-order valence-corrected chi connectivity index (χ1v) is 11.2. The molecule has 0 saturated heterocycles. The highest BCUT2D eigenvalue weighted by Gasteiger charge is 2.16. The lowest BCUT2D eigenvalue weighted by Gasteiger charge is -2.26. The molecule has 0 aliphatic rings. The van der Waals surface area contributed by atoms with Crippen molar-refractivity contribution in [3.8, 4) is 5.75 Å². The van der Waals surface area contributed by atoms with Crippen LogP contribution in [0.5, 0.6) is 5.75 Å². The van der Waals surface area contributed by atoms with Gasteiger partial charge in [-0.2, -0.15) is 10.1 Å². The highest BCUT2D eigenvalue weighted by atomic mass is 16.5. The van der Waals surface area contributed by atoms with Crippen molar-refractivity contribution in [2.24, 2.45) is 0 Å². The van der Waals surface area contributed by atoms with Gasteiger partial charge in [-0.15, -0.1) is 0 Å². The summed E-state index contributed by atoms with van der Waals surface area (Å²) >= 11 is 0. The number of rotatable bonds is 12. The van der Waals surface area contributed by atoms with Crippen LogP contribution in [-0.2, 0) is 11.3 Å². The van der Waals surface area contributed by atoms with E-state index in [1.165, 1.54) is 6.08 Å². The molecule has 186 valence electrons. The standard InChI is InChI=1S/C24H33N9O2/c1-7-23(34)28-18-13-19(21(35-6)14-20(18)32(5)12-11-31(3)4)29-24-25-10-9-22(30-24)27-17-15-26-33(8-2)16-17/h7,9-10,13-16H,1,8,11-12H2,2-6H3,(H,28,34)(H2,25,27,29,30). The van der Waals surface area contributed by atoms with Gasteiger partial charge in [0.15, 0.2) is 0 Å². The predicted molar refractivity (Wildman–Crippen MR) is 140 cm³/mol. The van der Waals surface area contributed by atoms with Crippen molar-refractivity contribution < 1.29 is 9.53 Å². The van der Waals surface area contributed by atoms with Crippen LogP contribution in [0.15, 0.2) is 49.4 Å². The Morgan fingerprint density at radius 3 is 2.66 bits per heavy atom. The minimum atomic E-state index is -0.307. The Balaban J connectivity index is 1.89. The highest BCUT2D eigenvalue weighted by Crippen LogP contribution is 2.38. The second-order valence-corrected chi connectivity index (χ2v) is 8.09. The lowest BCUT2D eigenvalue weighted by atomic mass is 10.2. The van der Waals surface area contributed by atoms with Gasteiger partial charge in [-0.05, 0) is 39.2 Å². The summed E-state index contributed by atoms with van der Waals surface area (Å²) in [6, 6.07) is 5.44. The number of nitrogens with zero attached hydrogens (tertiary/aromatic N) is 6. The molecule has 1 amide bonds. The van der Waals surface area contributed by atoms with E-state index in [2.05, 4.69) is 47.4 Å². The van der Waals surface area contributed by atoms with Gasteiger partial charge in [-0.25, -0.2) is 4.98 Å². The molecule has 11 heteroatoms. The number of ether oxygens (including phenoxy) is 1. The van der Waals surface area contributed by atoms with Crippen LogP contribution in [0.3, 0.4) is 0 Å². The fraction of sp³-hybridized carbons (Fsp3) is 0.333. The summed E-state index contributed by atoms with van der Waals surface area (Å²) in [5.41, 5.74) is 2.86. The maximum Gasteiger partial charge on any atom is 0.247 e. The number of anilines is 6. The fourth-order valence-electron chi connectivity index (χ4n) is 3.26. The van der Waals surface area contributed by atoms with Crippen molar-refractivity contribution in [3.63, 3.8) is 0 Å².